The highest BCUT2D eigenvalue weighted by atomic mass is 127. The number of anilines is 1. The first-order chi connectivity index (χ1) is 30.6. The van der Waals surface area contributed by atoms with Gasteiger partial charge in [0.15, 0.2) is 22.3 Å². The molecular weight excluding hydrogens is 969 g/mol. The molecule has 0 aliphatic carbocycles. The average molecular weight is 1030 g/mol. The fourth-order valence-corrected chi connectivity index (χ4v) is 8.37. The number of ketones is 1. The van der Waals surface area contributed by atoms with Crippen molar-refractivity contribution in [3.8, 4) is 17.2 Å². The summed E-state index contributed by atoms with van der Waals surface area (Å²) in [5.41, 5.74) is -0.829. The van der Waals surface area contributed by atoms with Crippen molar-refractivity contribution in [1.29, 1.82) is 0 Å². The van der Waals surface area contributed by atoms with Crippen LogP contribution in [0.3, 0.4) is 0 Å². The Bertz CT molecular complexity index is 2710. The molecule has 0 spiro atoms. The zero-order valence-electron chi connectivity index (χ0n) is 38.8. The van der Waals surface area contributed by atoms with E-state index in [4.69, 9.17) is 33.1 Å². The summed E-state index contributed by atoms with van der Waals surface area (Å²) < 4.78 is 36.1. The quantitative estimate of drug-likeness (QED) is 0.0605. The van der Waals surface area contributed by atoms with Gasteiger partial charge in [-0.15, -0.1) is 0 Å². The van der Waals surface area contributed by atoms with Gasteiger partial charge in [-0.05, 0) is 32.1 Å². The number of aliphatic hydroxyl groups excluding tert-OH is 2. The van der Waals surface area contributed by atoms with E-state index in [-0.39, 0.29) is 97.6 Å². The van der Waals surface area contributed by atoms with Gasteiger partial charge in [0.05, 0.1) is 49.5 Å². The van der Waals surface area contributed by atoms with Gasteiger partial charge in [0.1, 0.15) is 47.5 Å². The fraction of sp³-hybridized carbons (Fsp3) is 0.458. The zero-order chi connectivity index (χ0) is 47.8. The third kappa shape index (κ3) is 9.97. The number of aromatic hydroxyl groups is 1. The van der Waals surface area contributed by atoms with Crippen molar-refractivity contribution in [1.82, 2.24) is 4.98 Å². The minimum atomic E-state index is -2.07. The number of phenols is 1. The number of ether oxygens (including phenoxy) is 5. The number of aromatic nitrogens is 1. The summed E-state index contributed by atoms with van der Waals surface area (Å²) in [6.07, 6.45) is 3.48. The van der Waals surface area contributed by atoms with Gasteiger partial charge in [-0.25, -0.2) is 9.78 Å². The Balaban J connectivity index is 0.00000817. The van der Waals surface area contributed by atoms with Gasteiger partial charge in [-0.3, -0.25) is 24.1 Å². The van der Waals surface area contributed by atoms with Crippen molar-refractivity contribution < 1.29 is 91.5 Å². The SMILES string of the molecule is CO[C@H]1/C=C/O[C@@]2(C)Oc3c(C)c(=O)c4c(O)c(c5oc6cc(OCC[NH+](C)C(C)=O)ccc6nc5c4c3C2=O)NC(=O)/C(C)=C\C=C\[C@H](C)[C@H](O)[C@@H](C)[C@@H](O)[C@@H](C)[C@H](OC(C)=O)[C@@H]1C.[I-]. The molecule has 18 heteroatoms. The molecule has 5 N–H and O–H groups in total. The number of nitrogens with one attached hydrogen (secondary N) is 2. The van der Waals surface area contributed by atoms with Crippen LogP contribution < -0.4 is 49.1 Å². The Morgan fingerprint density at radius 1 is 0.985 bits per heavy atom. The van der Waals surface area contributed by atoms with Crippen molar-refractivity contribution >= 4 is 62.2 Å². The van der Waals surface area contributed by atoms with Crippen molar-refractivity contribution in [2.45, 2.75) is 92.5 Å². The number of Topliss-reactive ketones (excluding diaryl/α,β-unsaturated/α-hetero) is 1. The number of carbonyl (C=O) groups excluding carboxylic acids is 4. The van der Waals surface area contributed by atoms with Crippen LogP contribution in [0, 0.1) is 30.6 Å². The zero-order valence-corrected chi connectivity index (χ0v) is 41.0. The molecule has 4 aromatic rings. The number of phenolic OH excluding ortho intramolecular Hbond substituents is 1. The molecule has 0 saturated carbocycles. The number of hydrogen-bond acceptors (Lipinski definition) is 15. The topological polar surface area (TPSA) is 235 Å². The Morgan fingerprint density at radius 3 is 2.33 bits per heavy atom. The molecule has 1 unspecified atom stereocenters. The van der Waals surface area contributed by atoms with Crippen LogP contribution in [0.15, 0.2) is 63.6 Å². The lowest BCUT2D eigenvalue weighted by molar-refractivity contribution is -0.797. The lowest BCUT2D eigenvalue weighted by Gasteiger charge is -2.38. The second-order valence-corrected chi connectivity index (χ2v) is 17.3. The maximum atomic E-state index is 14.7. The molecule has 2 amide bonds. The minimum absolute atomic E-state index is 0. The predicted molar refractivity (Wildman–Crippen MR) is 240 cm³/mol. The molecule has 356 valence electrons. The van der Waals surface area contributed by atoms with Crippen LogP contribution >= 0.6 is 0 Å². The van der Waals surface area contributed by atoms with Gasteiger partial charge in [-0.1, -0.05) is 45.9 Å². The minimum Gasteiger partial charge on any atom is -1.00 e. The average Bonchev–Trinajstić information content (AvgIpc) is 3.53. The van der Waals surface area contributed by atoms with Crippen LogP contribution in [-0.2, 0) is 28.6 Å². The standard InChI is InChI=1S/C48H57N3O14.HI/c1-22-13-12-14-23(2)47(59)50-38-42(57)35-34(37-45(38)64-33-21-30(15-16-31(33)49-37)61-20-18-51(10)28(7)52)36-44(27(6)41(35)56)65-48(9,46(36)58)62-19-17-32(60-11)24(3)43(63-29(8)53)26(5)40(55)25(4)39(22)54;/h12-17,19,21-22,24-26,32,39-40,43,54-55,57H,18,20H2,1-11H3,(H,50,59);1H/b13-12+,19-17+,23-14-;/t22-,24+,25+,26+,32-,39-,40+,43+,48-;/m0./s1. The van der Waals surface area contributed by atoms with Crippen LogP contribution in [0.25, 0.3) is 33.0 Å². The summed E-state index contributed by atoms with van der Waals surface area (Å²) >= 11 is 0. The van der Waals surface area contributed by atoms with E-state index in [1.54, 1.807) is 65.1 Å². The number of hydrogen-bond donors (Lipinski definition) is 5. The second-order valence-electron chi connectivity index (χ2n) is 17.3. The molecule has 10 atom stereocenters. The first kappa shape index (κ1) is 51.6. The molecule has 17 nitrogen and oxygen atoms in total. The lowest BCUT2D eigenvalue weighted by atomic mass is 9.78. The number of allylic oxidation sites excluding steroid dienone is 2. The van der Waals surface area contributed by atoms with E-state index in [2.05, 4.69) is 5.32 Å². The molecule has 2 aliphatic heterocycles. The molecule has 0 saturated heterocycles. The van der Waals surface area contributed by atoms with Crippen LogP contribution in [0.4, 0.5) is 5.69 Å². The van der Waals surface area contributed by atoms with Gasteiger partial charge in [-0.2, -0.15) is 0 Å². The smallest absolute Gasteiger partial charge is 0.312 e. The van der Waals surface area contributed by atoms with Crippen LogP contribution in [0.5, 0.6) is 17.2 Å². The number of quaternary nitrogens is 1. The van der Waals surface area contributed by atoms with Crippen molar-refractivity contribution in [2.24, 2.45) is 23.7 Å². The Hall–Kier alpha value is -5.41. The van der Waals surface area contributed by atoms with Gasteiger partial charge >= 0.3 is 17.7 Å². The highest BCUT2D eigenvalue weighted by molar-refractivity contribution is 6.26. The molecule has 3 aromatic carbocycles. The Labute approximate surface area is 398 Å². The number of rotatable bonds is 6. The number of carbonyl (C=O) groups is 4. The summed E-state index contributed by atoms with van der Waals surface area (Å²) in [5.74, 6) is -7.12. The van der Waals surface area contributed by atoms with Gasteiger partial charge in [0.25, 0.3) is 11.7 Å². The number of esters is 1. The maximum absolute atomic E-state index is 14.7. The molecule has 66 heavy (non-hydrogen) atoms. The van der Waals surface area contributed by atoms with Crippen molar-refractivity contribution in [3.05, 3.63) is 75.7 Å². The predicted octanol–water partition coefficient (Wildman–Crippen LogP) is 1.44. The lowest BCUT2D eigenvalue weighted by Crippen LogP contribution is -3.11. The van der Waals surface area contributed by atoms with Crippen molar-refractivity contribution in [3.63, 3.8) is 0 Å². The molecule has 1 aromatic heterocycles. The monoisotopic (exact) mass is 1030 g/mol. The summed E-state index contributed by atoms with van der Waals surface area (Å²) in [4.78, 5) is 72.6. The highest BCUT2D eigenvalue weighted by Gasteiger charge is 2.49. The molecule has 4 bridgehead atoms. The van der Waals surface area contributed by atoms with E-state index in [1.807, 2.05) is 0 Å². The Kier molecular flexibility index (Phi) is 16.1. The van der Waals surface area contributed by atoms with Crippen LogP contribution in [0.1, 0.15) is 71.3 Å². The van der Waals surface area contributed by atoms with E-state index < -0.39 is 82.7 Å². The summed E-state index contributed by atoms with van der Waals surface area (Å²) in [5, 5.41) is 37.3. The third-order valence-electron chi connectivity index (χ3n) is 12.6. The number of halogens is 1. The number of fused-ring (bicyclic) bond motifs is 2. The van der Waals surface area contributed by atoms with Gasteiger partial charge < -0.3 is 72.7 Å². The van der Waals surface area contributed by atoms with E-state index in [0.29, 0.717) is 17.2 Å². The number of methoxy groups -OCH3 is 1. The summed E-state index contributed by atoms with van der Waals surface area (Å²) in [6, 6.07) is 4.79. The summed E-state index contributed by atoms with van der Waals surface area (Å²) in [6.45, 7) is 14.5. The first-order valence-electron chi connectivity index (χ1n) is 21.5. The molecule has 3 heterocycles. The number of nitrogens with zero attached hydrogens (tertiary/aromatic N) is 1. The molecular formula is C48H58IN3O14. The van der Waals surface area contributed by atoms with E-state index >= 15 is 0 Å². The number of amides is 2. The first-order valence-corrected chi connectivity index (χ1v) is 21.5. The third-order valence-corrected chi connectivity index (χ3v) is 12.6. The summed E-state index contributed by atoms with van der Waals surface area (Å²) in [7, 11) is 3.16. The van der Waals surface area contributed by atoms with E-state index in [9.17, 15) is 39.3 Å². The van der Waals surface area contributed by atoms with Crippen molar-refractivity contribution in [2.75, 3.05) is 32.6 Å². The normalized spacial score (nSPS) is 28.4. The fourth-order valence-electron chi connectivity index (χ4n) is 8.37. The number of likely N-dealkylation sites (N-methyl/N-ethyl adjacent to an activating group) is 1. The molecule has 0 fully saturated rings. The van der Waals surface area contributed by atoms with Crippen LogP contribution in [0.2, 0.25) is 0 Å². The van der Waals surface area contributed by atoms with E-state index in [1.165, 1.54) is 60.1 Å². The molecule has 6 rings (SSSR count). The second kappa shape index (κ2) is 20.6. The number of aliphatic hydroxyl groups is 2. The van der Waals surface area contributed by atoms with Gasteiger partial charge in [0.2, 0.25) is 0 Å². The largest absolute Gasteiger partial charge is 1.00 e. The maximum Gasteiger partial charge on any atom is 0.312 e. The highest BCUT2D eigenvalue weighted by Crippen LogP contribution is 2.48. The molecule has 0 radical (unpaired) electrons. The Morgan fingerprint density at radius 2 is 1.68 bits per heavy atom. The molecule has 2 aliphatic rings. The van der Waals surface area contributed by atoms with Gasteiger partial charge in [0, 0.05) is 67.2 Å². The van der Waals surface area contributed by atoms with E-state index in [0.717, 1.165) is 0 Å². The van der Waals surface area contributed by atoms with Crippen LogP contribution in [-0.4, -0.2) is 101 Å². The number of benzene rings is 3.